The van der Waals surface area contributed by atoms with Gasteiger partial charge in [0.05, 0.1) is 0 Å². The quantitative estimate of drug-likeness (QED) is 0.150. The zero-order valence-corrected chi connectivity index (χ0v) is 26.4. The number of alkyl halides is 24. The van der Waals surface area contributed by atoms with E-state index in [1.807, 2.05) is 0 Å². The summed E-state index contributed by atoms with van der Waals surface area (Å²) in [5, 5.41) is 0. The number of ketones is 8. The predicted octanol–water partition coefficient (Wildman–Crippen LogP) is 6.36. The van der Waals surface area contributed by atoms with Crippen molar-refractivity contribution in [3.63, 3.8) is 0 Å². The third kappa shape index (κ3) is 28.7. The Morgan fingerprint density at radius 1 is 0.208 bits per heavy atom. The summed E-state index contributed by atoms with van der Waals surface area (Å²) in [7, 11) is 0. The standard InChI is InChI=1S/4C5H2F6O2.Zr/c4*6-4(7,8)2(12)1-3(13)5(9,10)11;/h4*1H2;/p+8. The van der Waals surface area contributed by atoms with Crippen LogP contribution in [0.4, 0.5) is 105 Å². The molecule has 0 spiro atoms. The number of rotatable bonds is 8. The van der Waals surface area contributed by atoms with Gasteiger partial charge in [-0.05, 0) is 0 Å². The molecule has 0 saturated carbocycles. The van der Waals surface area contributed by atoms with Crippen LogP contribution in [0.5, 0.6) is 0 Å². The van der Waals surface area contributed by atoms with Crippen molar-refractivity contribution < 1.29 is 170 Å². The molecule has 33 heteroatoms. The molecule has 0 saturated heterocycles. The zero-order valence-electron chi connectivity index (χ0n) is 24.0. The van der Waals surface area contributed by atoms with Gasteiger partial charge in [0.15, 0.2) is 25.7 Å². The van der Waals surface area contributed by atoms with Crippen LogP contribution in [0.1, 0.15) is 25.7 Å². The van der Waals surface area contributed by atoms with E-state index in [2.05, 4.69) is 0 Å². The molecule has 0 radical (unpaired) electrons. The van der Waals surface area contributed by atoms with E-state index in [1.165, 1.54) is 0 Å². The average molecular weight is 932 g/mol. The minimum absolute atomic E-state index is 0. The molecule has 0 unspecified atom stereocenters. The minimum Gasteiger partial charge on any atom is -0.273 e. The van der Waals surface area contributed by atoms with Crippen LogP contribution < -0.4 is 0 Å². The van der Waals surface area contributed by atoms with Gasteiger partial charge in [-0.1, -0.05) is 0 Å². The number of hydrogen-bond donors (Lipinski definition) is 0. The summed E-state index contributed by atoms with van der Waals surface area (Å²) in [6.45, 7) is 0. The van der Waals surface area contributed by atoms with E-state index in [0.29, 0.717) is 0 Å². The van der Waals surface area contributed by atoms with Crippen molar-refractivity contribution in [2.24, 2.45) is 0 Å². The smallest absolute Gasteiger partial charge is 0.273 e. The first-order valence-corrected chi connectivity index (χ1v) is 11.2. The van der Waals surface area contributed by atoms with Gasteiger partial charge in [-0.15, -0.1) is 0 Å². The summed E-state index contributed by atoms with van der Waals surface area (Å²) in [5.74, 6) is -19.1. The zero-order chi connectivity index (χ0) is 43.4. The molecule has 8 nitrogen and oxygen atoms in total. The molecule has 0 aliphatic heterocycles. The van der Waals surface area contributed by atoms with Gasteiger partial charge in [0.2, 0.25) is 0 Å². The van der Waals surface area contributed by atoms with Gasteiger partial charge < -0.3 is 0 Å². The number of hydrogen-bond acceptors (Lipinski definition) is 0. The molecule has 308 valence electrons. The molecule has 0 aromatic carbocycles. The summed E-state index contributed by atoms with van der Waals surface area (Å²) in [4.78, 5) is 64.2. The molecule has 0 bridgehead atoms. The fourth-order valence-electron chi connectivity index (χ4n) is 1.44. The van der Waals surface area contributed by atoms with Crippen LogP contribution in [0.2, 0.25) is 0 Å². The molecule has 0 aromatic heterocycles. The first-order chi connectivity index (χ1) is 22.2. The van der Waals surface area contributed by atoms with Crippen LogP contribution >= 0.6 is 0 Å². The Balaban J connectivity index is -0.000000192. The molecule has 0 atom stereocenters. The monoisotopic (exact) mass is 930 g/mol. The SMILES string of the molecule is [OH+]=C(CC(=[OH+])C(F)(F)F)C(F)(F)F.[OH+]=C(CC(=[OH+])C(F)(F)F)C(F)(F)F.[OH+]=C(CC(=[OH+])C(F)(F)F)C(F)(F)F.[OH+]=C(CC(=[OH+])C(F)(F)F)C(F)(F)F.[Zr]. The molecule has 0 fully saturated rings. The Labute approximate surface area is 291 Å². The van der Waals surface area contributed by atoms with Crippen LogP contribution in [-0.4, -0.2) is 134 Å². The van der Waals surface area contributed by atoms with Crippen LogP contribution in [0.15, 0.2) is 0 Å². The normalized spacial score (nSPS) is 12.5. The van der Waals surface area contributed by atoms with Crippen molar-refractivity contribution in [2.45, 2.75) is 75.1 Å². The Morgan fingerprint density at radius 2 is 0.264 bits per heavy atom. The molecule has 8 N–H and O–H groups in total. The third-order valence-corrected chi connectivity index (χ3v) is 3.96. The summed E-state index contributed by atoms with van der Waals surface area (Å²) < 4.78 is 274. The van der Waals surface area contributed by atoms with E-state index in [-0.39, 0.29) is 26.2 Å². The van der Waals surface area contributed by atoms with Gasteiger partial charge in [0.25, 0.3) is 0 Å². The molecule has 0 aliphatic rings. The van der Waals surface area contributed by atoms with Crippen molar-refractivity contribution in [1.29, 1.82) is 0 Å². The maximum Gasteiger partial charge on any atom is 0.505 e. The second-order valence-electron chi connectivity index (χ2n) is 8.26. The van der Waals surface area contributed by atoms with Crippen LogP contribution in [-0.2, 0) is 26.2 Å². The van der Waals surface area contributed by atoms with E-state index in [4.69, 9.17) is 38.4 Å². The maximum absolute atomic E-state index is 11.4. The van der Waals surface area contributed by atoms with Crippen LogP contribution in [0.3, 0.4) is 0 Å². The van der Waals surface area contributed by atoms with Gasteiger partial charge in [0, 0.05) is 26.2 Å². The van der Waals surface area contributed by atoms with Gasteiger partial charge in [-0.25, -0.2) is 0 Å². The Morgan fingerprint density at radius 3 is 0.302 bits per heavy atom. The molecular weight excluding hydrogens is 915 g/mol. The van der Waals surface area contributed by atoms with E-state index >= 15 is 0 Å². The topological polar surface area (TPSA) is 171 Å². The third-order valence-electron chi connectivity index (χ3n) is 3.96. The fourth-order valence-corrected chi connectivity index (χ4v) is 1.44. The molecule has 0 aliphatic carbocycles. The van der Waals surface area contributed by atoms with Gasteiger partial charge >= 0.3 is 95.7 Å². The molecule has 0 aromatic rings. The Kier molecular flexibility index (Phi) is 23.2. The summed E-state index contributed by atoms with van der Waals surface area (Å²) >= 11 is 0. The fraction of sp³-hybridized carbons (Fsp3) is 0.600. The van der Waals surface area contributed by atoms with E-state index in [1.54, 1.807) is 0 Å². The maximum atomic E-state index is 11.4. The van der Waals surface area contributed by atoms with Crippen molar-refractivity contribution in [1.82, 2.24) is 0 Å². The van der Waals surface area contributed by atoms with E-state index in [0.717, 1.165) is 0 Å². The van der Waals surface area contributed by atoms with Crippen molar-refractivity contribution in [3.05, 3.63) is 0 Å². The first-order valence-electron chi connectivity index (χ1n) is 11.2. The van der Waals surface area contributed by atoms with Crippen molar-refractivity contribution >= 4 is 46.3 Å². The second-order valence-corrected chi connectivity index (χ2v) is 8.26. The minimum atomic E-state index is -5.25. The van der Waals surface area contributed by atoms with Gasteiger partial charge in [0.1, 0.15) is 0 Å². The van der Waals surface area contributed by atoms with Crippen molar-refractivity contribution in [2.75, 3.05) is 0 Å². The molecule has 0 heterocycles. The van der Waals surface area contributed by atoms with Crippen LogP contribution in [0, 0.1) is 0 Å². The molecule has 53 heavy (non-hydrogen) atoms. The predicted molar refractivity (Wildman–Crippen MR) is 122 cm³/mol. The molecule has 0 rings (SSSR count). The Hall–Kier alpha value is -3.44. The van der Waals surface area contributed by atoms with E-state index in [9.17, 15) is 105 Å². The number of carbonyl (C=O) groups excluding carboxylic acids is 8. The van der Waals surface area contributed by atoms with E-state index < -0.39 is 121 Å². The summed E-state index contributed by atoms with van der Waals surface area (Å²) in [5.41, 5.74) is 0. The average Bonchev–Trinajstić information content (AvgIpc) is 2.85. The summed E-state index contributed by atoms with van der Waals surface area (Å²) in [6, 6.07) is 0. The Bertz CT molecular complexity index is 1010. The van der Waals surface area contributed by atoms with Gasteiger partial charge in [-0.2, -0.15) is 105 Å². The first kappa shape index (κ1) is 58.9. The number of halogens is 24. The van der Waals surface area contributed by atoms with Crippen LogP contribution in [0.25, 0.3) is 0 Å². The van der Waals surface area contributed by atoms with Gasteiger partial charge in [-0.3, -0.25) is 38.4 Å². The largest absolute Gasteiger partial charge is 0.505 e. The molecular formula is C20H16F24O8Zr+8. The second kappa shape index (κ2) is 20.9. The summed E-state index contributed by atoms with van der Waals surface area (Å²) in [6.07, 6.45) is -49.9. The molecule has 0 amide bonds. The van der Waals surface area contributed by atoms with Crippen molar-refractivity contribution in [3.8, 4) is 0 Å².